The lowest BCUT2D eigenvalue weighted by molar-refractivity contribution is -0.165. The normalized spacial score (nSPS) is 19.1. The van der Waals surface area contributed by atoms with E-state index in [9.17, 15) is 9.90 Å². The van der Waals surface area contributed by atoms with Crippen LogP contribution in [-0.2, 0) is 14.3 Å². The second kappa shape index (κ2) is 11.9. The van der Waals surface area contributed by atoms with Crippen LogP contribution in [0.15, 0.2) is 84.6 Å². The first kappa shape index (κ1) is 26.1. The van der Waals surface area contributed by atoms with E-state index in [0.717, 1.165) is 32.8 Å². The number of amides is 1. The molecule has 1 aromatic heterocycles. The number of aliphatic hydroxyl groups excluding tert-OH is 1. The highest BCUT2D eigenvalue weighted by atomic mass is 32.1. The van der Waals surface area contributed by atoms with Gasteiger partial charge >= 0.3 is 0 Å². The molecule has 4 aromatic rings. The number of benzene rings is 3. The van der Waals surface area contributed by atoms with E-state index in [4.69, 9.17) is 14.5 Å². The Kier molecular flexibility index (Phi) is 8.17. The number of allylic oxidation sites excluding steroid dienone is 1. The van der Waals surface area contributed by atoms with Crippen LogP contribution in [-0.4, -0.2) is 35.5 Å². The van der Waals surface area contributed by atoms with Crippen molar-refractivity contribution in [3.63, 3.8) is 0 Å². The van der Waals surface area contributed by atoms with Gasteiger partial charge < -0.3 is 19.9 Å². The number of nitrogens with zero attached hydrogens (tertiary/aromatic N) is 1. The summed E-state index contributed by atoms with van der Waals surface area (Å²) < 4.78 is 13.2. The fraction of sp³-hybridized carbons (Fsp3) is 0.290. The van der Waals surface area contributed by atoms with Crippen molar-refractivity contribution in [2.24, 2.45) is 5.92 Å². The van der Waals surface area contributed by atoms with E-state index in [-0.39, 0.29) is 30.1 Å². The lowest BCUT2D eigenvalue weighted by atomic mass is 9.80. The quantitative estimate of drug-likeness (QED) is 0.254. The summed E-state index contributed by atoms with van der Waals surface area (Å²) in [6, 6.07) is 24.0. The van der Waals surface area contributed by atoms with Gasteiger partial charge in [0.15, 0.2) is 5.76 Å². The molecule has 3 atom stereocenters. The summed E-state index contributed by atoms with van der Waals surface area (Å²) in [7, 11) is 0. The summed E-state index contributed by atoms with van der Waals surface area (Å²) in [4.78, 5) is 18.1. The summed E-state index contributed by atoms with van der Waals surface area (Å²) >= 11 is 1.66. The lowest BCUT2D eigenvalue weighted by Gasteiger charge is -2.37. The van der Waals surface area contributed by atoms with Crippen LogP contribution in [0.2, 0.25) is 0 Å². The molecule has 38 heavy (non-hydrogen) atoms. The number of carbonyl (C=O) groups excluding carboxylic acids is 1. The van der Waals surface area contributed by atoms with Crippen LogP contribution in [0.3, 0.4) is 0 Å². The molecule has 7 heteroatoms. The molecule has 0 fully saturated rings. The van der Waals surface area contributed by atoms with Gasteiger partial charge in [-0.3, -0.25) is 4.79 Å². The Bertz CT molecular complexity index is 1420. The molecule has 0 bridgehead atoms. The fourth-order valence-corrected chi connectivity index (χ4v) is 5.93. The minimum Gasteiger partial charge on any atom is -0.459 e. The van der Waals surface area contributed by atoms with Gasteiger partial charge in [-0.25, -0.2) is 4.98 Å². The first-order chi connectivity index (χ1) is 18.6. The zero-order chi connectivity index (χ0) is 26.5. The van der Waals surface area contributed by atoms with Gasteiger partial charge in [-0.05, 0) is 80.3 Å². The molecular weight excluding hydrogens is 496 g/mol. The monoisotopic (exact) mass is 528 g/mol. The first-order valence-corrected chi connectivity index (χ1v) is 13.8. The summed E-state index contributed by atoms with van der Waals surface area (Å²) in [5.41, 5.74) is 4.97. The number of fused-ring (bicyclic) bond motifs is 1. The maximum atomic E-state index is 13.3. The largest absolute Gasteiger partial charge is 0.459 e. The Morgan fingerprint density at radius 1 is 1.11 bits per heavy atom. The SMILES string of the molecule is CCO[C@H]1OC(C(=O)Nc2ccc(-c3nc4ccc(C)cc4s3)cc2)=C[C@@H](c2ccccc2)[C@H]1CCCO. The molecule has 0 aliphatic carbocycles. The Morgan fingerprint density at radius 2 is 1.89 bits per heavy atom. The van der Waals surface area contributed by atoms with E-state index in [2.05, 4.69) is 36.5 Å². The number of rotatable bonds is 9. The molecule has 0 saturated heterocycles. The van der Waals surface area contributed by atoms with Crippen LogP contribution in [0.5, 0.6) is 0 Å². The van der Waals surface area contributed by atoms with Gasteiger partial charge in [-0.2, -0.15) is 0 Å². The average Bonchev–Trinajstić information content (AvgIpc) is 3.36. The van der Waals surface area contributed by atoms with Crippen molar-refractivity contribution < 1.29 is 19.4 Å². The molecule has 5 rings (SSSR count). The van der Waals surface area contributed by atoms with Gasteiger partial charge in [0, 0.05) is 36.3 Å². The molecule has 0 radical (unpaired) electrons. The third-order valence-electron chi connectivity index (χ3n) is 6.75. The van der Waals surface area contributed by atoms with Crippen LogP contribution < -0.4 is 5.32 Å². The van der Waals surface area contributed by atoms with Gasteiger partial charge in [0.1, 0.15) is 5.01 Å². The second-order valence-electron chi connectivity index (χ2n) is 9.46. The van der Waals surface area contributed by atoms with E-state index in [1.807, 2.05) is 61.5 Å². The number of anilines is 1. The van der Waals surface area contributed by atoms with E-state index in [1.54, 1.807) is 11.3 Å². The van der Waals surface area contributed by atoms with Crippen LogP contribution in [0.4, 0.5) is 5.69 Å². The summed E-state index contributed by atoms with van der Waals surface area (Å²) in [5, 5.41) is 13.4. The first-order valence-electron chi connectivity index (χ1n) is 13.0. The zero-order valence-electron chi connectivity index (χ0n) is 21.6. The van der Waals surface area contributed by atoms with Crippen LogP contribution in [0.1, 0.15) is 36.8 Å². The minimum absolute atomic E-state index is 0.0158. The molecule has 196 valence electrons. The zero-order valence-corrected chi connectivity index (χ0v) is 22.4. The van der Waals surface area contributed by atoms with Crippen molar-refractivity contribution in [3.8, 4) is 10.6 Å². The van der Waals surface area contributed by atoms with Gasteiger partial charge in [-0.15, -0.1) is 11.3 Å². The number of nitrogens with one attached hydrogen (secondary N) is 1. The van der Waals surface area contributed by atoms with Gasteiger partial charge in [0.2, 0.25) is 6.29 Å². The maximum Gasteiger partial charge on any atom is 0.290 e. The molecule has 1 amide bonds. The third-order valence-corrected chi connectivity index (χ3v) is 7.82. The predicted octanol–water partition coefficient (Wildman–Crippen LogP) is 6.66. The van der Waals surface area contributed by atoms with E-state index in [0.29, 0.717) is 18.7 Å². The predicted molar refractivity (Wildman–Crippen MR) is 152 cm³/mol. The van der Waals surface area contributed by atoms with Gasteiger partial charge in [-0.1, -0.05) is 36.4 Å². The molecule has 0 unspecified atom stereocenters. The molecule has 2 N–H and O–H groups in total. The van der Waals surface area contributed by atoms with Crippen LogP contribution >= 0.6 is 11.3 Å². The maximum absolute atomic E-state index is 13.3. The van der Waals surface area contributed by atoms with Crippen molar-refractivity contribution in [3.05, 3.63) is 95.8 Å². The number of ether oxygens (including phenoxy) is 2. The molecule has 3 aromatic carbocycles. The second-order valence-corrected chi connectivity index (χ2v) is 10.5. The topological polar surface area (TPSA) is 80.7 Å². The molecule has 6 nitrogen and oxygen atoms in total. The van der Waals surface area contributed by atoms with Crippen LogP contribution in [0, 0.1) is 12.8 Å². The van der Waals surface area contributed by atoms with Gasteiger partial charge in [0.25, 0.3) is 5.91 Å². The summed E-state index contributed by atoms with van der Waals surface area (Å²) in [5.74, 6) is -0.167. The van der Waals surface area contributed by atoms with E-state index >= 15 is 0 Å². The van der Waals surface area contributed by atoms with Crippen molar-refractivity contribution in [1.82, 2.24) is 4.98 Å². The van der Waals surface area contributed by atoms with Crippen molar-refractivity contribution in [2.45, 2.75) is 38.9 Å². The standard InChI is InChI=1S/C31H32N2O4S/c1-3-36-31-24(10-7-17-34)25(21-8-5-4-6-9-21)19-27(37-31)29(35)32-23-14-12-22(13-15-23)30-33-26-16-11-20(2)18-28(26)38-30/h4-6,8-9,11-16,18-19,24-25,31,34H,3,7,10,17H2,1-2H3,(H,32,35)/t24-,25+,31+/m1/s1. The molecule has 1 aliphatic heterocycles. The summed E-state index contributed by atoms with van der Waals surface area (Å²) in [6.45, 7) is 4.55. The highest BCUT2D eigenvalue weighted by Crippen LogP contribution is 2.39. The van der Waals surface area contributed by atoms with Crippen molar-refractivity contribution in [2.75, 3.05) is 18.5 Å². The number of aryl methyl sites for hydroxylation is 1. The highest BCUT2D eigenvalue weighted by molar-refractivity contribution is 7.21. The Labute approximate surface area is 227 Å². The molecule has 1 aliphatic rings. The minimum atomic E-state index is -0.576. The van der Waals surface area contributed by atoms with Crippen molar-refractivity contribution >= 4 is 33.1 Å². The smallest absolute Gasteiger partial charge is 0.290 e. The fourth-order valence-electron chi connectivity index (χ4n) is 4.86. The van der Waals surface area contributed by atoms with Gasteiger partial charge in [0.05, 0.1) is 10.2 Å². The number of hydrogen-bond donors (Lipinski definition) is 2. The molecule has 0 spiro atoms. The molecule has 0 saturated carbocycles. The number of thiazole rings is 1. The Morgan fingerprint density at radius 3 is 2.63 bits per heavy atom. The van der Waals surface area contributed by atoms with E-state index < -0.39 is 6.29 Å². The van der Waals surface area contributed by atoms with E-state index in [1.165, 1.54) is 5.56 Å². The Hall–Kier alpha value is -3.52. The Balaban J connectivity index is 1.36. The number of aromatic nitrogens is 1. The summed E-state index contributed by atoms with van der Waals surface area (Å²) in [6.07, 6.45) is 2.67. The molecular formula is C31H32N2O4S. The third kappa shape index (κ3) is 5.80. The van der Waals surface area contributed by atoms with Crippen LogP contribution in [0.25, 0.3) is 20.8 Å². The highest BCUT2D eigenvalue weighted by Gasteiger charge is 2.37. The average molecular weight is 529 g/mol. The van der Waals surface area contributed by atoms with Crippen molar-refractivity contribution in [1.29, 1.82) is 0 Å². The number of hydrogen-bond acceptors (Lipinski definition) is 6. The lowest BCUT2D eigenvalue weighted by Crippen LogP contribution is -2.37. The number of carbonyl (C=O) groups is 1. The molecule has 2 heterocycles. The number of aliphatic hydroxyl groups is 1.